The van der Waals surface area contributed by atoms with E-state index in [2.05, 4.69) is 115 Å². The first kappa shape index (κ1) is 110. The molecule has 10 aromatic heterocycles. The number of halogens is 3. The SMILES string of the molecule is CC(C)Nc1ccn(-c2cc(OC(C)C)c3ccc(OCCN4CCOCC4)cc3n2)n1.CC(C)Nc1ccn(-c2cc(OC(C)C)c3ccc(OCCN4CCOCC4)cc3n2)n1.CC(C)Nc1nc(-c2cc(OC(C)C)c3ccc(OCCN4CCOCC4)c(Cl)c3n2)co1.CCCOc1ccc2c(OC(C)C)cc(-c3nc(NC(C)C)cs3)nc2c1Cl.COc1ccc2c(OC(C)C)cc(-n3cccn3)nc2c1Cl. The van der Waals surface area contributed by atoms with Gasteiger partial charge in [-0.25, -0.2) is 43.9 Å². The van der Waals surface area contributed by atoms with Crippen LogP contribution < -0.4 is 68.6 Å². The standard InChI is InChI=1S/C24H31ClN4O4.2C24H33N5O3.C21H26ClN3O2S.C16H16ClN3O2/c1-15(2)26-24-28-19(14-32-24)18-13-21(33-16(3)4)17-5-6-20(22(25)23(17)27-18)31-12-9-29-7-10-30-11-8-29;2*1-17(2)25-23-7-8-29(27-23)24-16-22(32-18(3)4)20-6-5-19(15-21(20)26-24)31-14-11-28-9-12-30-13-10-28;1-6-9-26-16-8-7-14-17(27-13(4)5)10-15(24-20(14)19(16)22)21-25-18(11-28-21)23-12(2)3;1-10(2)22-13-9-14(20-8-4-7-18-20)19-16-11(13)5-6-12(21-3)15(16)17/h5-6,13-16H,7-12H2,1-4H3,(H,26,28);2*5-8,15-18H,9-14H2,1-4H3,(H,25,27);7-8,10-13,23H,6,9H2,1-5H3;4-10H,1-3H3. The Balaban J connectivity index is 0.000000146. The van der Waals surface area contributed by atoms with Crippen molar-refractivity contribution in [3.63, 3.8) is 0 Å². The van der Waals surface area contributed by atoms with E-state index in [0.717, 1.165) is 206 Å². The number of pyridine rings is 5. The molecule has 34 nitrogen and oxygen atoms in total. The largest absolute Gasteiger partial charge is 0.495 e. The highest BCUT2D eigenvalue weighted by Gasteiger charge is 2.26. The zero-order valence-electron chi connectivity index (χ0n) is 87.8. The molecule has 18 rings (SSSR count). The summed E-state index contributed by atoms with van der Waals surface area (Å²) in [5, 5.41) is 35.2. The maximum atomic E-state index is 6.77. The van der Waals surface area contributed by atoms with E-state index >= 15 is 0 Å². The zero-order chi connectivity index (χ0) is 104. The van der Waals surface area contributed by atoms with Gasteiger partial charge in [0.05, 0.1) is 117 Å². The van der Waals surface area contributed by atoms with Crippen molar-refractivity contribution < 1.29 is 66.0 Å². The predicted molar refractivity (Wildman–Crippen MR) is 586 cm³/mol. The highest BCUT2D eigenvalue weighted by molar-refractivity contribution is 7.13. The van der Waals surface area contributed by atoms with Crippen molar-refractivity contribution in [2.24, 2.45) is 0 Å². The number of methoxy groups -OCH3 is 1. The Hall–Kier alpha value is -12.6. The third-order valence-electron chi connectivity index (χ3n) is 22.4. The quantitative estimate of drug-likeness (QED) is 0.0278. The number of anilines is 4. The Labute approximate surface area is 879 Å². The van der Waals surface area contributed by atoms with Crippen molar-refractivity contribution in [3.8, 4) is 97.0 Å². The number of hydrogen-bond acceptors (Lipinski definition) is 32. The number of thiazole rings is 1. The molecule has 0 radical (unpaired) electrons. The predicted octanol–water partition coefficient (Wildman–Crippen LogP) is 22.6. The van der Waals surface area contributed by atoms with E-state index in [0.29, 0.717) is 134 Å². The molecule has 13 heterocycles. The van der Waals surface area contributed by atoms with E-state index in [-0.39, 0.29) is 36.6 Å². The summed E-state index contributed by atoms with van der Waals surface area (Å²) in [5.74, 6) is 11.7. The molecule has 3 aliphatic heterocycles. The third kappa shape index (κ3) is 31.3. The number of ether oxygens (including phenoxy) is 13. The number of nitrogens with zero attached hydrogens (tertiary/aromatic N) is 16. The van der Waals surface area contributed by atoms with Crippen molar-refractivity contribution in [1.82, 2.24) is 78.9 Å². The van der Waals surface area contributed by atoms with Crippen molar-refractivity contribution >= 4 is 124 Å². The van der Waals surface area contributed by atoms with Crippen LogP contribution in [0.5, 0.6) is 57.5 Å². The smallest absolute Gasteiger partial charge is 0.295 e. The Morgan fingerprint density at radius 2 is 0.755 bits per heavy atom. The molecule has 0 atom stereocenters. The second-order valence-corrected chi connectivity index (χ2v) is 39.9. The number of hydrogen-bond donors (Lipinski definition) is 4. The summed E-state index contributed by atoms with van der Waals surface area (Å²) in [5.41, 5.74) is 5.48. The van der Waals surface area contributed by atoms with Gasteiger partial charge in [0.1, 0.15) is 132 Å². The summed E-state index contributed by atoms with van der Waals surface area (Å²) in [6.45, 7) is 54.0. The normalized spacial score (nSPS) is 13.7. The molecule has 0 saturated carbocycles. The number of aromatic nitrogens is 13. The number of rotatable bonds is 39. The van der Waals surface area contributed by atoms with Crippen LogP contribution in [0.25, 0.3) is 94.1 Å². The Kier molecular flexibility index (Phi) is 40.0. The van der Waals surface area contributed by atoms with Gasteiger partial charge in [0, 0.05) is 195 Å². The van der Waals surface area contributed by atoms with Gasteiger partial charge in [-0.15, -0.1) is 21.5 Å². The molecule has 3 aliphatic rings. The van der Waals surface area contributed by atoms with Gasteiger partial charge in [-0.1, -0.05) is 41.7 Å². The minimum absolute atomic E-state index is 0.0119. The van der Waals surface area contributed by atoms with Gasteiger partial charge >= 0.3 is 0 Å². The molecule has 0 amide bonds. The third-order valence-corrected chi connectivity index (χ3v) is 24.4. The molecule has 3 saturated heterocycles. The lowest BCUT2D eigenvalue weighted by atomic mass is 10.1. The number of oxazole rings is 1. The van der Waals surface area contributed by atoms with Gasteiger partial charge in [0.15, 0.2) is 17.5 Å². The van der Waals surface area contributed by atoms with Crippen LogP contribution in [0.2, 0.25) is 15.1 Å². The first-order valence-electron chi connectivity index (χ1n) is 50.5. The van der Waals surface area contributed by atoms with Crippen LogP contribution in [-0.2, 0) is 14.2 Å². The monoisotopic (exact) mass is 2090 g/mol. The molecule has 147 heavy (non-hydrogen) atoms. The van der Waals surface area contributed by atoms with Gasteiger partial charge in [-0.05, 0) is 198 Å². The summed E-state index contributed by atoms with van der Waals surface area (Å²) in [6.07, 6.45) is 9.97. The average molecular weight is 2090 g/mol. The molecule has 3 fully saturated rings. The molecule has 786 valence electrons. The van der Waals surface area contributed by atoms with Gasteiger partial charge in [0.25, 0.3) is 6.01 Å². The number of benzene rings is 5. The van der Waals surface area contributed by atoms with Crippen LogP contribution in [0.3, 0.4) is 0 Å². The fourth-order valence-electron chi connectivity index (χ4n) is 15.9. The first-order valence-corrected chi connectivity index (χ1v) is 52.5. The highest BCUT2D eigenvalue weighted by atomic mass is 35.5. The Morgan fingerprint density at radius 3 is 1.18 bits per heavy atom. The Bertz CT molecular complexity index is 6580. The molecule has 0 unspecified atom stereocenters. The van der Waals surface area contributed by atoms with Gasteiger partial charge in [0.2, 0.25) is 0 Å². The molecule has 0 bridgehead atoms. The van der Waals surface area contributed by atoms with Crippen LogP contribution in [-0.4, -0.2) is 266 Å². The molecule has 4 N–H and O–H groups in total. The molecular formula is C109H139Cl3N20O14S. The first-order chi connectivity index (χ1) is 70.8. The van der Waals surface area contributed by atoms with Crippen LogP contribution in [0.1, 0.15) is 138 Å². The Morgan fingerprint density at radius 1 is 0.367 bits per heavy atom. The van der Waals surface area contributed by atoms with Gasteiger partial charge in [-0.3, -0.25) is 14.7 Å². The zero-order valence-corrected chi connectivity index (χ0v) is 90.8. The van der Waals surface area contributed by atoms with Crippen molar-refractivity contribution in [3.05, 3.63) is 173 Å². The molecule has 5 aromatic carbocycles. The van der Waals surface area contributed by atoms with E-state index in [1.807, 2.05) is 228 Å². The van der Waals surface area contributed by atoms with Crippen LogP contribution in [0.4, 0.5) is 23.5 Å². The van der Waals surface area contributed by atoms with E-state index in [1.54, 1.807) is 33.6 Å². The fraction of sp³-hybridized carbons (Fsp3) is 0.450. The summed E-state index contributed by atoms with van der Waals surface area (Å²) >= 11 is 21.4. The minimum atomic E-state index is -0.0119. The van der Waals surface area contributed by atoms with E-state index in [4.69, 9.17) is 121 Å². The lowest BCUT2D eigenvalue weighted by molar-refractivity contribution is 0.0322. The molecule has 0 aliphatic carbocycles. The van der Waals surface area contributed by atoms with E-state index in [9.17, 15) is 0 Å². The average Bonchev–Trinajstić information content (AvgIpc) is 1.69. The van der Waals surface area contributed by atoms with Crippen LogP contribution >= 0.6 is 46.1 Å². The number of nitrogens with one attached hydrogen (secondary N) is 4. The molecular weight excluding hydrogens is 1950 g/mol. The second-order valence-electron chi connectivity index (χ2n) is 37.9. The van der Waals surface area contributed by atoms with E-state index < -0.39 is 0 Å². The van der Waals surface area contributed by atoms with Gasteiger partial charge < -0.3 is 87.3 Å². The fourth-order valence-corrected chi connectivity index (χ4v) is 17.4. The number of morpholine rings is 3. The highest BCUT2D eigenvalue weighted by Crippen LogP contribution is 2.44. The van der Waals surface area contributed by atoms with Crippen molar-refractivity contribution in [1.29, 1.82) is 0 Å². The maximum absolute atomic E-state index is 6.77. The summed E-state index contributed by atoms with van der Waals surface area (Å²) in [4.78, 5) is 40.1. The molecule has 0 spiro atoms. The maximum Gasteiger partial charge on any atom is 0.295 e. The lowest BCUT2D eigenvalue weighted by Gasteiger charge is -2.26. The van der Waals surface area contributed by atoms with Crippen LogP contribution in [0.15, 0.2) is 162 Å². The molecule has 15 aromatic rings. The van der Waals surface area contributed by atoms with Crippen molar-refractivity contribution in [2.45, 2.75) is 193 Å². The molecule has 38 heteroatoms. The second kappa shape index (κ2) is 53.4. The number of fused-ring (bicyclic) bond motifs is 5. The summed E-state index contributed by atoms with van der Waals surface area (Å²) < 4.78 is 86.4. The van der Waals surface area contributed by atoms with Crippen molar-refractivity contribution in [2.75, 3.05) is 153 Å². The minimum Gasteiger partial charge on any atom is -0.495 e. The van der Waals surface area contributed by atoms with E-state index in [1.165, 1.54) is 11.3 Å². The summed E-state index contributed by atoms with van der Waals surface area (Å²) in [7, 11) is 1.58. The van der Waals surface area contributed by atoms with Gasteiger partial charge in [-0.2, -0.15) is 10.1 Å². The topological polar surface area (TPSA) is 335 Å². The summed E-state index contributed by atoms with van der Waals surface area (Å²) in [6, 6.07) is 40.1. The lowest BCUT2D eigenvalue weighted by Crippen LogP contribution is -2.38. The van der Waals surface area contributed by atoms with Crippen LogP contribution in [0, 0.1) is 0 Å².